The molecule has 0 aromatic carbocycles. The third-order valence-corrected chi connectivity index (χ3v) is 5.84. The Morgan fingerprint density at radius 3 is 2.30 bits per heavy atom. The van der Waals surface area contributed by atoms with Gasteiger partial charge < -0.3 is 4.90 Å². The number of thiophene rings is 2. The average molecular weight is 324 g/mol. The molecule has 0 saturated carbocycles. The molecule has 6 heteroatoms. The fraction of sp³-hybridized carbons (Fsp3) is 0.357. The number of hydrogen-bond donors (Lipinski definition) is 1. The molecule has 2 aromatic heterocycles. The molecule has 1 fully saturated rings. The second-order valence-electron chi connectivity index (χ2n) is 4.62. The van der Waals surface area contributed by atoms with Gasteiger partial charge in [0.05, 0.1) is 19.1 Å². The zero-order valence-corrected chi connectivity index (χ0v) is 13.4. The van der Waals surface area contributed by atoms with Gasteiger partial charge in [-0.1, -0.05) is 12.1 Å². The van der Waals surface area contributed by atoms with Gasteiger partial charge in [0.2, 0.25) is 5.91 Å². The lowest BCUT2D eigenvalue weighted by Crippen LogP contribution is -2.44. The SMILES string of the molecule is O=C(C1CSCN1)N(Cc1cccs1)Cc1cccs1. The number of nitrogens with zero attached hydrogens (tertiary/aromatic N) is 1. The molecule has 1 aliphatic rings. The molecule has 1 N–H and O–H groups in total. The summed E-state index contributed by atoms with van der Waals surface area (Å²) in [5, 5.41) is 7.40. The maximum atomic E-state index is 12.7. The van der Waals surface area contributed by atoms with E-state index in [1.807, 2.05) is 17.0 Å². The Hall–Kier alpha value is -0.820. The van der Waals surface area contributed by atoms with Gasteiger partial charge in [0, 0.05) is 21.4 Å². The van der Waals surface area contributed by atoms with Gasteiger partial charge in [0.1, 0.15) is 0 Å². The maximum absolute atomic E-state index is 12.7. The summed E-state index contributed by atoms with van der Waals surface area (Å²) in [5.74, 6) is 1.98. The highest BCUT2D eigenvalue weighted by molar-refractivity contribution is 7.99. The van der Waals surface area contributed by atoms with Crippen molar-refractivity contribution in [2.45, 2.75) is 19.1 Å². The Balaban J connectivity index is 1.73. The van der Waals surface area contributed by atoms with Gasteiger partial charge in [-0.3, -0.25) is 10.1 Å². The Labute approximate surface area is 131 Å². The van der Waals surface area contributed by atoms with Gasteiger partial charge in [0.15, 0.2) is 0 Å². The topological polar surface area (TPSA) is 32.3 Å². The third kappa shape index (κ3) is 3.44. The molecule has 2 aromatic rings. The van der Waals surface area contributed by atoms with Crippen molar-refractivity contribution in [3.05, 3.63) is 44.8 Å². The van der Waals surface area contributed by atoms with Gasteiger partial charge >= 0.3 is 0 Å². The predicted molar refractivity (Wildman–Crippen MR) is 87.1 cm³/mol. The van der Waals surface area contributed by atoms with Gasteiger partial charge in [-0.15, -0.1) is 34.4 Å². The zero-order valence-electron chi connectivity index (χ0n) is 11.0. The van der Waals surface area contributed by atoms with Crippen LogP contribution in [0.2, 0.25) is 0 Å². The molecule has 1 saturated heterocycles. The summed E-state index contributed by atoms with van der Waals surface area (Å²) >= 11 is 5.21. The van der Waals surface area contributed by atoms with Crippen molar-refractivity contribution in [2.24, 2.45) is 0 Å². The van der Waals surface area contributed by atoms with Crippen LogP contribution in [0.5, 0.6) is 0 Å². The molecular formula is C14H16N2OS3. The van der Waals surface area contributed by atoms with E-state index in [9.17, 15) is 4.79 Å². The minimum absolute atomic E-state index is 0.0278. The zero-order chi connectivity index (χ0) is 13.8. The summed E-state index contributed by atoms with van der Waals surface area (Å²) in [6, 6.07) is 8.24. The van der Waals surface area contributed by atoms with Crippen LogP contribution in [-0.2, 0) is 17.9 Å². The molecule has 106 valence electrons. The summed E-state index contributed by atoms with van der Waals surface area (Å²) in [6.07, 6.45) is 0. The van der Waals surface area contributed by atoms with Crippen LogP contribution in [0, 0.1) is 0 Å². The highest BCUT2D eigenvalue weighted by Gasteiger charge is 2.27. The molecule has 1 aliphatic heterocycles. The molecule has 1 unspecified atom stereocenters. The van der Waals surface area contributed by atoms with E-state index in [1.54, 1.807) is 34.4 Å². The number of hydrogen-bond acceptors (Lipinski definition) is 5. The van der Waals surface area contributed by atoms with E-state index in [4.69, 9.17) is 0 Å². The molecule has 20 heavy (non-hydrogen) atoms. The molecule has 1 amide bonds. The summed E-state index contributed by atoms with van der Waals surface area (Å²) in [5.41, 5.74) is 0. The van der Waals surface area contributed by atoms with Crippen LogP contribution in [0.3, 0.4) is 0 Å². The fourth-order valence-corrected chi connectivity index (χ4v) is 4.54. The quantitative estimate of drug-likeness (QED) is 0.917. The Morgan fingerprint density at radius 2 is 1.85 bits per heavy atom. The van der Waals surface area contributed by atoms with E-state index >= 15 is 0 Å². The molecule has 0 radical (unpaired) electrons. The van der Waals surface area contributed by atoms with Crippen molar-refractivity contribution in [3.63, 3.8) is 0 Å². The molecule has 1 atom stereocenters. The lowest BCUT2D eigenvalue weighted by molar-refractivity contribution is -0.133. The summed E-state index contributed by atoms with van der Waals surface area (Å²) in [6.45, 7) is 1.41. The van der Waals surface area contributed by atoms with E-state index in [0.29, 0.717) is 13.1 Å². The number of nitrogens with one attached hydrogen (secondary N) is 1. The molecule has 3 heterocycles. The third-order valence-electron chi connectivity index (χ3n) is 3.18. The second-order valence-corrected chi connectivity index (χ2v) is 7.72. The summed E-state index contributed by atoms with van der Waals surface area (Å²) in [4.78, 5) is 17.1. The van der Waals surface area contributed by atoms with E-state index in [2.05, 4.69) is 28.2 Å². The predicted octanol–water partition coefficient (Wildman–Crippen LogP) is 3.00. The molecule has 0 bridgehead atoms. The van der Waals surface area contributed by atoms with Crippen molar-refractivity contribution in [1.29, 1.82) is 0 Å². The van der Waals surface area contributed by atoms with Gasteiger partial charge in [-0.05, 0) is 22.9 Å². The first-order chi connectivity index (χ1) is 9.83. The molecule has 0 spiro atoms. The number of carbonyl (C=O) groups is 1. The minimum atomic E-state index is -0.0278. The lowest BCUT2D eigenvalue weighted by Gasteiger charge is -2.24. The van der Waals surface area contributed by atoms with Crippen LogP contribution < -0.4 is 5.32 Å². The first-order valence-electron chi connectivity index (χ1n) is 6.47. The van der Waals surface area contributed by atoms with Gasteiger partial charge in [0.25, 0.3) is 0 Å². The number of carbonyl (C=O) groups excluding carboxylic acids is 1. The van der Waals surface area contributed by atoms with Crippen molar-refractivity contribution < 1.29 is 4.79 Å². The first-order valence-corrected chi connectivity index (χ1v) is 9.39. The maximum Gasteiger partial charge on any atom is 0.241 e. The summed E-state index contributed by atoms with van der Waals surface area (Å²) < 4.78 is 0. The van der Waals surface area contributed by atoms with Crippen molar-refractivity contribution in [1.82, 2.24) is 10.2 Å². The van der Waals surface area contributed by atoms with Gasteiger partial charge in [-0.2, -0.15) is 0 Å². The van der Waals surface area contributed by atoms with Gasteiger partial charge in [-0.25, -0.2) is 0 Å². The molecule has 0 aliphatic carbocycles. The van der Waals surface area contributed by atoms with E-state index in [-0.39, 0.29) is 11.9 Å². The van der Waals surface area contributed by atoms with Crippen LogP contribution in [-0.4, -0.2) is 28.5 Å². The normalized spacial score (nSPS) is 18.3. The second kappa shape index (κ2) is 6.76. The number of amides is 1. The monoisotopic (exact) mass is 324 g/mol. The standard InChI is InChI=1S/C14H16N2OS3/c17-14(13-9-18-10-15-13)16(7-11-3-1-5-19-11)8-12-4-2-6-20-12/h1-6,13,15H,7-10H2. The smallest absolute Gasteiger partial charge is 0.241 e. The van der Waals surface area contributed by atoms with Crippen molar-refractivity contribution >= 4 is 40.3 Å². The Kier molecular flexibility index (Phi) is 4.77. The highest BCUT2D eigenvalue weighted by atomic mass is 32.2. The highest BCUT2D eigenvalue weighted by Crippen LogP contribution is 2.20. The van der Waals surface area contributed by atoms with Crippen LogP contribution in [0.15, 0.2) is 35.0 Å². The molecule has 3 nitrogen and oxygen atoms in total. The average Bonchev–Trinajstić information content (AvgIpc) is 3.20. The van der Waals surface area contributed by atoms with E-state index in [0.717, 1.165) is 11.6 Å². The van der Waals surface area contributed by atoms with Crippen LogP contribution in [0.4, 0.5) is 0 Å². The number of rotatable bonds is 5. The van der Waals surface area contributed by atoms with Crippen molar-refractivity contribution in [3.8, 4) is 0 Å². The van der Waals surface area contributed by atoms with Crippen LogP contribution in [0.1, 0.15) is 9.75 Å². The number of thioether (sulfide) groups is 1. The van der Waals surface area contributed by atoms with Crippen LogP contribution >= 0.6 is 34.4 Å². The molecule has 3 rings (SSSR count). The largest absolute Gasteiger partial charge is 0.331 e. The van der Waals surface area contributed by atoms with Crippen molar-refractivity contribution in [2.75, 3.05) is 11.6 Å². The molecular weight excluding hydrogens is 308 g/mol. The fourth-order valence-electron chi connectivity index (χ4n) is 2.17. The summed E-state index contributed by atoms with van der Waals surface area (Å²) in [7, 11) is 0. The van der Waals surface area contributed by atoms with Crippen LogP contribution in [0.25, 0.3) is 0 Å². The van der Waals surface area contributed by atoms with E-state index in [1.165, 1.54) is 9.75 Å². The minimum Gasteiger partial charge on any atom is -0.331 e. The Morgan fingerprint density at radius 1 is 1.20 bits per heavy atom. The Bertz CT molecular complexity index is 497. The lowest BCUT2D eigenvalue weighted by atomic mass is 10.2. The van der Waals surface area contributed by atoms with E-state index < -0.39 is 0 Å². The first kappa shape index (κ1) is 14.1.